The molecule has 0 saturated heterocycles. The Bertz CT molecular complexity index is 837. The molecule has 0 amide bonds. The van der Waals surface area contributed by atoms with Crippen molar-refractivity contribution in [3.8, 4) is 0 Å². The minimum Gasteiger partial charge on any atom is -0.745 e. The van der Waals surface area contributed by atoms with E-state index in [0.717, 1.165) is 7.14 Å². The van der Waals surface area contributed by atoms with Crippen LogP contribution < -0.4 is 0 Å². The monoisotopic (exact) mass is 669 g/mol. The van der Waals surface area contributed by atoms with E-state index in [2.05, 4.69) is 22.6 Å². The van der Waals surface area contributed by atoms with Crippen LogP contribution in [0.25, 0.3) is 0 Å². The molecule has 0 aromatic heterocycles. The van der Waals surface area contributed by atoms with Gasteiger partial charge in [-0.2, -0.15) is 0 Å². The number of hydrogen-bond donors (Lipinski definition) is 0. The van der Waals surface area contributed by atoms with Crippen molar-refractivity contribution in [2.75, 3.05) is 0 Å². The van der Waals surface area contributed by atoms with E-state index in [1.165, 1.54) is 12.1 Å². The lowest BCUT2D eigenvalue weighted by atomic mass is 10.2. The van der Waals surface area contributed by atoms with Gasteiger partial charge in [0, 0.05) is 16.3 Å². The molecule has 1 atom stereocenters. The molecule has 2 aromatic carbocycles. The molecule has 0 aliphatic carbocycles. The topological polar surface area (TPSA) is 83.5 Å². The molecule has 122 valence electrons. The van der Waals surface area contributed by atoms with Crippen molar-refractivity contribution in [1.29, 1.82) is 0 Å². The van der Waals surface area contributed by atoms with Crippen LogP contribution in [0.15, 0.2) is 42.5 Å². The summed E-state index contributed by atoms with van der Waals surface area (Å²) in [5.74, 6) is -0.848. The van der Waals surface area contributed by atoms with Crippen LogP contribution in [0.3, 0.4) is 0 Å². The molecule has 0 radical (unpaired) electrons. The average Bonchev–Trinajstić information content (AvgIpc) is 2.48. The van der Waals surface area contributed by atoms with Gasteiger partial charge in [0.15, 0.2) is 0 Å². The molecule has 5 nitrogen and oxygen atoms in total. The first-order chi connectivity index (χ1) is 10.7. The number of halogens is 3. The molecule has 9 heteroatoms. The minimum atomic E-state index is -4.85. The van der Waals surface area contributed by atoms with Crippen molar-refractivity contribution < 1.29 is 22.5 Å². The van der Waals surface area contributed by atoms with E-state index in [9.17, 15) is 17.8 Å². The molecule has 0 N–H and O–H groups in total. The molecule has 0 heterocycles. The number of ether oxygens (including phenoxy) is 1. The van der Waals surface area contributed by atoms with Gasteiger partial charge in [0.1, 0.15) is 10.1 Å². The molecule has 0 aliphatic heterocycles. The average molecular weight is 669 g/mol. The summed E-state index contributed by atoms with van der Waals surface area (Å²) in [6.07, 6.45) is 0. The molecule has 1 unspecified atom stereocenters. The van der Waals surface area contributed by atoms with Gasteiger partial charge in [-0.05, 0) is 79.9 Å². The van der Waals surface area contributed by atoms with Crippen molar-refractivity contribution in [1.82, 2.24) is 0 Å². The van der Waals surface area contributed by atoms with E-state index >= 15 is 0 Å². The lowest BCUT2D eigenvalue weighted by Gasteiger charge is -2.21. The summed E-state index contributed by atoms with van der Waals surface area (Å²) in [5.41, 5.74) is -1.53. The first-order valence-electron chi connectivity index (χ1n) is 6.05. The second-order valence-corrected chi connectivity index (χ2v) is 9.29. The number of rotatable bonds is 4. The molecule has 23 heavy (non-hydrogen) atoms. The number of esters is 1. The van der Waals surface area contributed by atoms with Gasteiger partial charge in [-0.3, -0.25) is 0 Å². The van der Waals surface area contributed by atoms with Crippen LogP contribution in [-0.4, -0.2) is 18.9 Å². The quantitative estimate of drug-likeness (QED) is 0.214. The lowest BCUT2D eigenvalue weighted by Crippen LogP contribution is -2.20. The first kappa shape index (κ1) is 19.3. The Labute approximate surface area is 174 Å². The van der Waals surface area contributed by atoms with Gasteiger partial charge in [0.05, 0.1) is 5.56 Å². The molecule has 0 bridgehead atoms. The zero-order valence-corrected chi connectivity index (χ0v) is 18.5. The standard InChI is InChI=1S/C14H9I3O5S/c15-9-6-10(12(17)11(16)7-9)13(18)22-14(23(19,20)21)8-4-2-1-3-5-8/h1-7,14H,(H,19,20,21)/p-1. The number of carbonyl (C=O) groups is 1. The highest BCUT2D eigenvalue weighted by atomic mass is 127. The van der Waals surface area contributed by atoms with Crippen molar-refractivity contribution in [2.24, 2.45) is 0 Å². The van der Waals surface area contributed by atoms with Crippen molar-refractivity contribution in [3.05, 3.63) is 64.3 Å². The fraction of sp³-hybridized carbons (Fsp3) is 0.0714. The SMILES string of the molecule is O=C(OC(c1ccccc1)S(=O)(=O)[O-])c1cc(I)cc(I)c1I. The van der Waals surface area contributed by atoms with Gasteiger partial charge in [-0.15, -0.1) is 0 Å². The number of hydrogen-bond acceptors (Lipinski definition) is 5. The molecular weight excluding hydrogens is 661 g/mol. The van der Waals surface area contributed by atoms with Crippen LogP contribution in [0, 0.1) is 10.7 Å². The summed E-state index contributed by atoms with van der Waals surface area (Å²) in [6, 6.07) is 11.1. The highest BCUT2D eigenvalue weighted by Crippen LogP contribution is 2.28. The summed E-state index contributed by atoms with van der Waals surface area (Å²) in [7, 11) is -4.85. The summed E-state index contributed by atoms with van der Waals surface area (Å²) < 4.78 is 41.8. The second-order valence-electron chi connectivity index (χ2n) is 4.39. The summed E-state index contributed by atoms with van der Waals surface area (Å²) in [5, 5.41) is 0. The Morgan fingerprint density at radius 2 is 1.70 bits per heavy atom. The summed E-state index contributed by atoms with van der Waals surface area (Å²) in [6.45, 7) is 0. The fourth-order valence-electron chi connectivity index (χ4n) is 1.77. The van der Waals surface area contributed by atoms with Crippen LogP contribution >= 0.6 is 67.8 Å². The van der Waals surface area contributed by atoms with E-state index in [4.69, 9.17) is 4.74 Å². The molecular formula is C14H8I3O5S-. The normalized spacial score (nSPS) is 12.7. The van der Waals surface area contributed by atoms with Gasteiger partial charge in [-0.1, -0.05) is 30.3 Å². The van der Waals surface area contributed by atoms with Crippen molar-refractivity contribution in [2.45, 2.75) is 5.44 Å². The third kappa shape index (κ3) is 4.99. The van der Waals surface area contributed by atoms with Crippen LogP contribution in [0.2, 0.25) is 0 Å². The summed E-state index contributed by atoms with van der Waals surface area (Å²) >= 11 is 6.10. The Hall–Kier alpha value is 0.0100. The van der Waals surface area contributed by atoms with Crippen molar-refractivity contribution >= 4 is 83.9 Å². The maximum absolute atomic E-state index is 12.4. The van der Waals surface area contributed by atoms with E-state index in [1.807, 2.05) is 51.2 Å². The maximum Gasteiger partial charge on any atom is 0.340 e. The van der Waals surface area contributed by atoms with Gasteiger partial charge >= 0.3 is 5.97 Å². The third-order valence-corrected chi connectivity index (χ3v) is 7.32. The number of benzene rings is 2. The van der Waals surface area contributed by atoms with Crippen molar-refractivity contribution in [3.63, 3.8) is 0 Å². The third-order valence-electron chi connectivity index (χ3n) is 2.76. The maximum atomic E-state index is 12.4. The van der Waals surface area contributed by atoms with Gasteiger partial charge in [0.25, 0.3) is 0 Å². The predicted molar refractivity (Wildman–Crippen MR) is 109 cm³/mol. The molecule has 0 fully saturated rings. The highest BCUT2D eigenvalue weighted by Gasteiger charge is 2.25. The second kappa shape index (κ2) is 7.93. The van der Waals surface area contributed by atoms with E-state index in [0.29, 0.717) is 3.57 Å². The first-order valence-corrected chi connectivity index (χ1v) is 10.8. The Balaban J connectivity index is 2.40. The lowest BCUT2D eigenvalue weighted by molar-refractivity contribution is 0.0424. The molecule has 0 aliphatic rings. The predicted octanol–water partition coefficient (Wildman–Crippen LogP) is 3.90. The van der Waals surface area contributed by atoms with E-state index in [-0.39, 0.29) is 11.1 Å². The Kier molecular flexibility index (Phi) is 6.66. The highest BCUT2D eigenvalue weighted by molar-refractivity contribution is 14.1. The summed E-state index contributed by atoms with van der Waals surface area (Å²) in [4.78, 5) is 12.4. The van der Waals surface area contributed by atoms with Crippen LogP contribution in [0.5, 0.6) is 0 Å². The molecule has 2 aromatic rings. The van der Waals surface area contributed by atoms with Gasteiger partial charge < -0.3 is 9.29 Å². The fourth-order valence-corrected chi connectivity index (χ4v) is 4.84. The molecule has 0 spiro atoms. The van der Waals surface area contributed by atoms with Crippen LogP contribution in [0.1, 0.15) is 21.4 Å². The minimum absolute atomic E-state index is 0.117. The zero-order chi connectivity index (χ0) is 17.2. The Morgan fingerprint density at radius 1 is 1.09 bits per heavy atom. The molecule has 2 rings (SSSR count). The molecule has 0 saturated carbocycles. The van der Waals surface area contributed by atoms with Gasteiger partial charge in [0.2, 0.25) is 5.44 Å². The van der Waals surface area contributed by atoms with Crippen LogP contribution in [-0.2, 0) is 14.9 Å². The van der Waals surface area contributed by atoms with E-state index < -0.39 is 21.5 Å². The zero-order valence-electron chi connectivity index (χ0n) is 11.2. The van der Waals surface area contributed by atoms with Gasteiger partial charge in [-0.25, -0.2) is 13.2 Å². The van der Waals surface area contributed by atoms with E-state index in [1.54, 1.807) is 24.3 Å². The largest absolute Gasteiger partial charge is 0.745 e. The van der Waals surface area contributed by atoms with Crippen LogP contribution in [0.4, 0.5) is 0 Å². The Morgan fingerprint density at radius 3 is 2.26 bits per heavy atom. The smallest absolute Gasteiger partial charge is 0.340 e. The number of carbonyl (C=O) groups excluding carboxylic acids is 1.